The second kappa shape index (κ2) is 3.56. The topological polar surface area (TPSA) is 24.9 Å². The summed E-state index contributed by atoms with van der Waals surface area (Å²) in [4.78, 5) is 4.18. The molecule has 0 saturated carbocycles. The molecule has 1 N–H and O–H groups in total. The van der Waals surface area contributed by atoms with Crippen LogP contribution in [0, 0.1) is 0 Å². The molecular weight excluding hydrogens is 196 g/mol. The first-order chi connectivity index (χ1) is 7.78. The number of hydrogen-bond donors (Lipinski definition) is 1. The number of pyridine rings is 1. The Morgan fingerprint density at radius 3 is 3.00 bits per heavy atom. The van der Waals surface area contributed by atoms with Gasteiger partial charge in [0.2, 0.25) is 0 Å². The average molecular weight is 212 g/mol. The third kappa shape index (κ3) is 1.50. The van der Waals surface area contributed by atoms with Gasteiger partial charge in [0.05, 0.1) is 0 Å². The molecule has 2 heterocycles. The molecule has 2 heteroatoms. The lowest BCUT2D eigenvalue weighted by atomic mass is 9.89. The summed E-state index contributed by atoms with van der Waals surface area (Å²) in [6, 6.07) is 8.75. The third-order valence-electron chi connectivity index (χ3n) is 3.65. The Morgan fingerprint density at radius 1 is 1.25 bits per heavy atom. The van der Waals surface area contributed by atoms with E-state index in [0.717, 1.165) is 6.54 Å². The SMILES string of the molecule is CC1(c2ccc3ccncc3c2)CCCN1. The van der Waals surface area contributed by atoms with Crippen molar-refractivity contribution in [3.05, 3.63) is 42.2 Å². The zero-order valence-electron chi connectivity index (χ0n) is 9.53. The Kier molecular flexibility index (Phi) is 2.18. The minimum absolute atomic E-state index is 0.157. The highest BCUT2D eigenvalue weighted by Gasteiger charge is 2.29. The van der Waals surface area contributed by atoms with Crippen molar-refractivity contribution in [3.8, 4) is 0 Å². The lowest BCUT2D eigenvalue weighted by molar-refractivity contribution is 0.435. The third-order valence-corrected chi connectivity index (χ3v) is 3.65. The standard InChI is InChI=1S/C14H16N2/c1-14(6-2-7-16-14)13-4-3-11-5-8-15-10-12(11)9-13/h3-5,8-10,16H,2,6-7H2,1H3. The van der Waals surface area contributed by atoms with Crippen molar-refractivity contribution in [1.82, 2.24) is 10.3 Å². The zero-order valence-corrected chi connectivity index (χ0v) is 9.53. The molecule has 0 radical (unpaired) electrons. The first-order valence-electron chi connectivity index (χ1n) is 5.87. The van der Waals surface area contributed by atoms with E-state index >= 15 is 0 Å². The van der Waals surface area contributed by atoms with Crippen LogP contribution in [0.3, 0.4) is 0 Å². The highest BCUT2D eigenvalue weighted by atomic mass is 15.0. The van der Waals surface area contributed by atoms with E-state index in [2.05, 4.69) is 41.5 Å². The molecule has 82 valence electrons. The van der Waals surface area contributed by atoms with E-state index in [1.54, 1.807) is 0 Å². The van der Waals surface area contributed by atoms with Crippen molar-refractivity contribution in [2.45, 2.75) is 25.3 Å². The average Bonchev–Trinajstić information content (AvgIpc) is 2.77. The molecule has 0 bridgehead atoms. The normalized spacial score (nSPS) is 25.1. The second-order valence-corrected chi connectivity index (χ2v) is 4.80. The van der Waals surface area contributed by atoms with Gasteiger partial charge in [0.25, 0.3) is 0 Å². The highest BCUT2D eigenvalue weighted by molar-refractivity contribution is 5.82. The number of aromatic nitrogens is 1. The van der Waals surface area contributed by atoms with E-state index < -0.39 is 0 Å². The van der Waals surface area contributed by atoms with Crippen LogP contribution in [0.2, 0.25) is 0 Å². The van der Waals surface area contributed by atoms with Gasteiger partial charge in [-0.25, -0.2) is 0 Å². The fourth-order valence-electron chi connectivity index (χ4n) is 2.57. The van der Waals surface area contributed by atoms with Crippen molar-refractivity contribution in [2.75, 3.05) is 6.54 Å². The predicted molar refractivity (Wildman–Crippen MR) is 66.3 cm³/mol. The van der Waals surface area contributed by atoms with Gasteiger partial charge in [0, 0.05) is 23.3 Å². The van der Waals surface area contributed by atoms with Crippen LogP contribution in [0.4, 0.5) is 0 Å². The van der Waals surface area contributed by atoms with Crippen molar-refractivity contribution >= 4 is 10.8 Å². The largest absolute Gasteiger partial charge is 0.308 e. The first-order valence-corrected chi connectivity index (χ1v) is 5.87. The summed E-state index contributed by atoms with van der Waals surface area (Å²) in [7, 11) is 0. The Bertz CT molecular complexity index is 513. The number of benzene rings is 1. The molecule has 1 saturated heterocycles. The van der Waals surface area contributed by atoms with E-state index in [1.165, 1.54) is 29.2 Å². The molecule has 0 amide bonds. The van der Waals surface area contributed by atoms with Crippen LogP contribution in [0.1, 0.15) is 25.3 Å². The van der Waals surface area contributed by atoms with Gasteiger partial charge in [0.1, 0.15) is 0 Å². The van der Waals surface area contributed by atoms with Crippen LogP contribution in [-0.4, -0.2) is 11.5 Å². The van der Waals surface area contributed by atoms with Crippen molar-refractivity contribution in [2.24, 2.45) is 0 Å². The van der Waals surface area contributed by atoms with E-state index in [4.69, 9.17) is 0 Å². The molecule has 0 aliphatic carbocycles. The maximum Gasteiger partial charge on any atom is 0.0406 e. The van der Waals surface area contributed by atoms with Crippen molar-refractivity contribution < 1.29 is 0 Å². The van der Waals surface area contributed by atoms with E-state index in [0.29, 0.717) is 0 Å². The minimum atomic E-state index is 0.157. The number of hydrogen-bond acceptors (Lipinski definition) is 2. The van der Waals surface area contributed by atoms with Crippen molar-refractivity contribution in [3.63, 3.8) is 0 Å². The molecule has 16 heavy (non-hydrogen) atoms. The number of nitrogens with one attached hydrogen (secondary N) is 1. The summed E-state index contributed by atoms with van der Waals surface area (Å²) in [6.07, 6.45) is 6.27. The fraction of sp³-hybridized carbons (Fsp3) is 0.357. The van der Waals surface area contributed by atoms with Crippen LogP contribution in [0.15, 0.2) is 36.7 Å². The first kappa shape index (κ1) is 9.79. The van der Waals surface area contributed by atoms with E-state index in [-0.39, 0.29) is 5.54 Å². The Labute approximate surface area is 95.7 Å². The lowest BCUT2D eigenvalue weighted by Gasteiger charge is -2.25. The summed E-state index contributed by atoms with van der Waals surface area (Å²) in [5, 5.41) is 6.09. The summed E-state index contributed by atoms with van der Waals surface area (Å²) in [6.45, 7) is 3.42. The molecule has 0 spiro atoms. The van der Waals surface area contributed by atoms with Gasteiger partial charge in [-0.05, 0) is 49.4 Å². The molecule has 3 rings (SSSR count). The van der Waals surface area contributed by atoms with Crippen LogP contribution >= 0.6 is 0 Å². The molecule has 1 aromatic carbocycles. The Morgan fingerprint density at radius 2 is 2.19 bits per heavy atom. The summed E-state index contributed by atoms with van der Waals surface area (Å²) in [5.74, 6) is 0. The molecule has 1 aliphatic heterocycles. The number of fused-ring (bicyclic) bond motifs is 1. The lowest BCUT2D eigenvalue weighted by Crippen LogP contribution is -2.32. The maximum absolute atomic E-state index is 4.18. The minimum Gasteiger partial charge on any atom is -0.308 e. The molecule has 2 aromatic rings. The fourth-order valence-corrected chi connectivity index (χ4v) is 2.57. The number of nitrogens with zero attached hydrogens (tertiary/aromatic N) is 1. The monoisotopic (exact) mass is 212 g/mol. The Hall–Kier alpha value is -1.41. The van der Waals surface area contributed by atoms with E-state index in [1.807, 2.05) is 12.4 Å². The molecular formula is C14H16N2. The van der Waals surface area contributed by atoms with Crippen LogP contribution in [0.5, 0.6) is 0 Å². The maximum atomic E-state index is 4.18. The van der Waals surface area contributed by atoms with Gasteiger partial charge in [-0.1, -0.05) is 12.1 Å². The summed E-state index contributed by atoms with van der Waals surface area (Å²) < 4.78 is 0. The molecule has 1 atom stereocenters. The van der Waals surface area contributed by atoms with Crippen molar-refractivity contribution in [1.29, 1.82) is 0 Å². The highest BCUT2D eigenvalue weighted by Crippen LogP contribution is 2.31. The van der Waals surface area contributed by atoms with Gasteiger partial charge in [-0.2, -0.15) is 0 Å². The summed E-state index contributed by atoms with van der Waals surface area (Å²) in [5.41, 5.74) is 1.54. The van der Waals surface area contributed by atoms with Crippen LogP contribution in [-0.2, 0) is 5.54 Å². The molecule has 1 fully saturated rings. The molecule has 1 unspecified atom stereocenters. The smallest absolute Gasteiger partial charge is 0.0406 e. The quantitative estimate of drug-likeness (QED) is 0.786. The predicted octanol–water partition coefficient (Wildman–Crippen LogP) is 2.83. The second-order valence-electron chi connectivity index (χ2n) is 4.80. The zero-order chi connectivity index (χ0) is 11.0. The molecule has 1 aromatic heterocycles. The van der Waals surface area contributed by atoms with Crippen LogP contribution in [0.25, 0.3) is 10.8 Å². The Balaban J connectivity index is 2.11. The molecule has 1 aliphatic rings. The molecule has 2 nitrogen and oxygen atoms in total. The van der Waals surface area contributed by atoms with Gasteiger partial charge in [0.15, 0.2) is 0 Å². The number of rotatable bonds is 1. The van der Waals surface area contributed by atoms with Gasteiger partial charge in [-0.3, -0.25) is 4.98 Å². The van der Waals surface area contributed by atoms with Gasteiger partial charge in [-0.15, -0.1) is 0 Å². The van der Waals surface area contributed by atoms with E-state index in [9.17, 15) is 0 Å². The van der Waals surface area contributed by atoms with Gasteiger partial charge < -0.3 is 5.32 Å². The van der Waals surface area contributed by atoms with Crippen LogP contribution < -0.4 is 5.32 Å². The van der Waals surface area contributed by atoms with Gasteiger partial charge >= 0.3 is 0 Å². The summed E-state index contributed by atoms with van der Waals surface area (Å²) >= 11 is 0.